The van der Waals surface area contributed by atoms with Crippen molar-refractivity contribution in [2.24, 2.45) is 0 Å². The van der Waals surface area contributed by atoms with Crippen LogP contribution in [-0.2, 0) is 6.54 Å². The number of likely N-dealkylation sites (tertiary alicyclic amines) is 1. The lowest BCUT2D eigenvalue weighted by atomic mass is 10.0. The van der Waals surface area contributed by atoms with Gasteiger partial charge in [0.2, 0.25) is 0 Å². The van der Waals surface area contributed by atoms with Crippen molar-refractivity contribution in [3.05, 3.63) is 107 Å². The lowest BCUT2D eigenvalue weighted by Gasteiger charge is -2.32. The van der Waals surface area contributed by atoms with Crippen molar-refractivity contribution in [3.8, 4) is 11.3 Å². The third-order valence-electron chi connectivity index (χ3n) is 6.82. The zero-order valence-electron chi connectivity index (χ0n) is 21.2. The fourth-order valence-corrected chi connectivity index (χ4v) is 4.63. The van der Waals surface area contributed by atoms with Crippen LogP contribution in [0.2, 0.25) is 0 Å². The van der Waals surface area contributed by atoms with E-state index >= 15 is 0 Å². The van der Waals surface area contributed by atoms with Crippen molar-refractivity contribution in [3.63, 3.8) is 0 Å². The number of aryl methyl sites for hydroxylation is 2. The van der Waals surface area contributed by atoms with Crippen LogP contribution in [0, 0.1) is 13.8 Å². The van der Waals surface area contributed by atoms with Gasteiger partial charge < -0.3 is 10.2 Å². The first-order chi connectivity index (χ1) is 18.0. The van der Waals surface area contributed by atoms with Crippen LogP contribution in [0.3, 0.4) is 0 Å². The van der Waals surface area contributed by atoms with Gasteiger partial charge in [-0.1, -0.05) is 59.7 Å². The van der Waals surface area contributed by atoms with Crippen LogP contribution in [0.4, 0.5) is 0 Å². The number of rotatable bonds is 6. The highest BCUT2D eigenvalue weighted by Gasteiger charge is 2.28. The summed E-state index contributed by atoms with van der Waals surface area (Å²) in [4.78, 5) is 32.1. The average Bonchev–Trinajstić information content (AvgIpc) is 3.34. The number of nitrogens with zero attached hydrogens (tertiary/aromatic N) is 4. The van der Waals surface area contributed by atoms with E-state index < -0.39 is 0 Å². The van der Waals surface area contributed by atoms with Crippen LogP contribution in [0.1, 0.15) is 50.2 Å². The van der Waals surface area contributed by atoms with E-state index in [0.717, 1.165) is 16.7 Å². The van der Waals surface area contributed by atoms with Crippen LogP contribution in [-0.4, -0.2) is 50.6 Å². The molecule has 7 nitrogen and oxygen atoms in total. The van der Waals surface area contributed by atoms with Gasteiger partial charge in [0, 0.05) is 43.3 Å². The Hall–Kier alpha value is -4.26. The monoisotopic (exact) mass is 493 g/mol. The largest absolute Gasteiger partial charge is 0.349 e. The van der Waals surface area contributed by atoms with E-state index in [0.29, 0.717) is 49.3 Å². The topological polar surface area (TPSA) is 80.1 Å². The molecule has 0 saturated carbocycles. The molecule has 1 saturated heterocycles. The SMILES string of the molecule is Cc1ccc(Cn2cc(C(=O)N3CCC(NC(=O)c4cccnc4)CC3)c(-c3ccc(C)cc3)n2)cc1. The third-order valence-corrected chi connectivity index (χ3v) is 6.82. The van der Waals surface area contributed by atoms with Crippen molar-refractivity contribution in [2.45, 2.75) is 39.3 Å². The molecule has 0 bridgehead atoms. The summed E-state index contributed by atoms with van der Waals surface area (Å²) in [6.45, 7) is 5.86. The fourth-order valence-electron chi connectivity index (χ4n) is 4.63. The highest BCUT2D eigenvalue weighted by atomic mass is 16.2. The molecule has 1 aliphatic heterocycles. The summed E-state index contributed by atoms with van der Waals surface area (Å²) < 4.78 is 1.86. The number of hydrogen-bond acceptors (Lipinski definition) is 4. The Bertz CT molecular complexity index is 1370. The molecule has 2 amide bonds. The summed E-state index contributed by atoms with van der Waals surface area (Å²) in [6.07, 6.45) is 6.49. The molecule has 1 aliphatic rings. The van der Waals surface area contributed by atoms with E-state index in [-0.39, 0.29) is 17.9 Å². The number of carbonyl (C=O) groups excluding carboxylic acids is 2. The first-order valence-corrected chi connectivity index (χ1v) is 12.7. The van der Waals surface area contributed by atoms with Gasteiger partial charge in [-0.05, 0) is 44.4 Å². The summed E-state index contributed by atoms with van der Waals surface area (Å²) in [5, 5.41) is 7.92. The van der Waals surface area contributed by atoms with Crippen LogP contribution >= 0.6 is 0 Å². The van der Waals surface area contributed by atoms with E-state index in [2.05, 4.69) is 41.5 Å². The van der Waals surface area contributed by atoms with E-state index in [4.69, 9.17) is 5.10 Å². The quantitative estimate of drug-likeness (QED) is 0.424. The van der Waals surface area contributed by atoms with Gasteiger partial charge in [0.1, 0.15) is 5.69 Å². The maximum Gasteiger partial charge on any atom is 0.257 e. The average molecular weight is 494 g/mol. The van der Waals surface area contributed by atoms with Gasteiger partial charge in [0.25, 0.3) is 11.8 Å². The molecule has 3 heterocycles. The molecule has 0 spiro atoms. The van der Waals surface area contributed by atoms with Crippen molar-refractivity contribution < 1.29 is 9.59 Å². The van der Waals surface area contributed by atoms with Gasteiger partial charge in [-0.15, -0.1) is 0 Å². The standard InChI is InChI=1S/C30H31N5O2/c1-21-5-9-23(10-6-21)19-35-20-27(28(33-35)24-11-7-22(2)8-12-24)30(37)34-16-13-26(14-17-34)32-29(36)25-4-3-15-31-18-25/h3-12,15,18,20,26H,13-14,16-17,19H2,1-2H3,(H,32,36). The Labute approximate surface area is 217 Å². The summed E-state index contributed by atoms with van der Waals surface area (Å²) in [6, 6.07) is 20.0. The molecule has 5 rings (SSSR count). The number of benzene rings is 2. The van der Waals surface area contributed by atoms with Crippen molar-refractivity contribution in [2.75, 3.05) is 13.1 Å². The molecule has 0 atom stereocenters. The maximum absolute atomic E-state index is 13.7. The van der Waals surface area contributed by atoms with Gasteiger partial charge in [-0.25, -0.2) is 0 Å². The van der Waals surface area contributed by atoms with Crippen LogP contribution in [0.5, 0.6) is 0 Å². The molecular weight excluding hydrogens is 462 g/mol. The zero-order chi connectivity index (χ0) is 25.8. The van der Waals surface area contributed by atoms with Crippen LogP contribution in [0.15, 0.2) is 79.3 Å². The summed E-state index contributed by atoms with van der Waals surface area (Å²) >= 11 is 0. The highest BCUT2D eigenvalue weighted by molar-refractivity contribution is 6.00. The molecule has 0 aliphatic carbocycles. The summed E-state index contributed by atoms with van der Waals surface area (Å²) in [5.41, 5.74) is 6.28. The number of aromatic nitrogens is 3. The summed E-state index contributed by atoms with van der Waals surface area (Å²) in [5.74, 6) is -0.153. The van der Waals surface area contributed by atoms with Gasteiger partial charge >= 0.3 is 0 Å². The van der Waals surface area contributed by atoms with Crippen LogP contribution in [0.25, 0.3) is 11.3 Å². The second kappa shape index (κ2) is 10.8. The zero-order valence-corrected chi connectivity index (χ0v) is 21.2. The number of hydrogen-bond donors (Lipinski definition) is 1. The van der Waals surface area contributed by atoms with Crippen molar-refractivity contribution >= 4 is 11.8 Å². The third kappa shape index (κ3) is 5.77. The maximum atomic E-state index is 13.7. The smallest absolute Gasteiger partial charge is 0.257 e. The Morgan fingerprint density at radius 1 is 0.946 bits per heavy atom. The molecule has 7 heteroatoms. The Morgan fingerprint density at radius 3 is 2.27 bits per heavy atom. The lowest BCUT2D eigenvalue weighted by Crippen LogP contribution is -2.46. The van der Waals surface area contributed by atoms with E-state index in [1.807, 2.05) is 47.0 Å². The molecule has 0 radical (unpaired) electrons. The fraction of sp³-hybridized carbons (Fsp3) is 0.267. The van der Waals surface area contributed by atoms with E-state index in [9.17, 15) is 9.59 Å². The molecule has 2 aromatic carbocycles. The van der Waals surface area contributed by atoms with E-state index in [1.165, 1.54) is 5.56 Å². The Morgan fingerprint density at radius 2 is 1.62 bits per heavy atom. The number of pyridine rings is 1. The van der Waals surface area contributed by atoms with Crippen molar-refractivity contribution in [1.82, 2.24) is 25.0 Å². The van der Waals surface area contributed by atoms with Crippen molar-refractivity contribution in [1.29, 1.82) is 0 Å². The number of nitrogens with one attached hydrogen (secondary N) is 1. The Kier molecular flexibility index (Phi) is 7.12. The van der Waals surface area contributed by atoms with Gasteiger partial charge in [0.15, 0.2) is 0 Å². The predicted molar refractivity (Wildman–Crippen MR) is 143 cm³/mol. The number of amides is 2. The normalized spacial score (nSPS) is 13.9. The first-order valence-electron chi connectivity index (χ1n) is 12.7. The summed E-state index contributed by atoms with van der Waals surface area (Å²) in [7, 11) is 0. The van der Waals surface area contributed by atoms with Gasteiger partial charge in [-0.2, -0.15) is 5.10 Å². The second-order valence-electron chi connectivity index (χ2n) is 9.72. The molecule has 0 unspecified atom stereocenters. The minimum Gasteiger partial charge on any atom is -0.349 e. The molecule has 37 heavy (non-hydrogen) atoms. The molecule has 2 aromatic heterocycles. The minimum atomic E-state index is -0.128. The predicted octanol–water partition coefficient (Wildman–Crippen LogP) is 4.64. The van der Waals surface area contributed by atoms with Gasteiger partial charge in [0.05, 0.1) is 17.7 Å². The number of piperidine rings is 1. The van der Waals surface area contributed by atoms with Gasteiger partial charge in [-0.3, -0.25) is 19.3 Å². The van der Waals surface area contributed by atoms with Crippen LogP contribution < -0.4 is 5.32 Å². The minimum absolute atomic E-state index is 0.0252. The molecule has 1 fully saturated rings. The Balaban J connectivity index is 1.32. The highest BCUT2D eigenvalue weighted by Crippen LogP contribution is 2.26. The molecule has 188 valence electrons. The molecular formula is C30H31N5O2. The lowest BCUT2D eigenvalue weighted by molar-refractivity contribution is 0.0698. The second-order valence-corrected chi connectivity index (χ2v) is 9.72. The van der Waals surface area contributed by atoms with E-state index in [1.54, 1.807) is 24.5 Å². The first kappa shape index (κ1) is 24.4. The number of carbonyl (C=O) groups is 2. The molecule has 4 aromatic rings. The molecule has 1 N–H and O–H groups in total.